The molecule has 0 amide bonds. The first-order valence-corrected chi connectivity index (χ1v) is 6.87. The van der Waals surface area contributed by atoms with E-state index in [2.05, 4.69) is 4.74 Å². The molecule has 0 heterocycles. The summed E-state index contributed by atoms with van der Waals surface area (Å²) in [4.78, 5) is 11.2. The topological polar surface area (TPSA) is 89.9 Å². The smallest absolute Gasteiger partial charge is 0.308 e. The number of rotatable bonds is 5. The number of methoxy groups -OCH3 is 1. The van der Waals surface area contributed by atoms with Crippen LogP contribution in [0.2, 0.25) is 0 Å². The lowest BCUT2D eigenvalue weighted by molar-refractivity contribution is -0.142. The summed E-state index contributed by atoms with van der Waals surface area (Å²) in [5.41, 5.74) is 0.462. The predicted octanol–water partition coefficient (Wildman–Crippen LogP) is 0.973. The van der Waals surface area contributed by atoms with Crippen molar-refractivity contribution >= 4 is 16.1 Å². The first kappa shape index (κ1) is 14.5. The van der Waals surface area contributed by atoms with E-state index in [0.717, 1.165) is 6.26 Å². The number of hydrogen-bond acceptors (Lipinski definition) is 6. The molecule has 0 fully saturated rings. The Morgan fingerprint density at radius 1 is 1.33 bits per heavy atom. The van der Waals surface area contributed by atoms with Gasteiger partial charge in [0.1, 0.15) is 11.9 Å². The van der Waals surface area contributed by atoms with Crippen LogP contribution >= 0.6 is 0 Å². The molecule has 100 valence electrons. The van der Waals surface area contributed by atoms with Gasteiger partial charge in [-0.05, 0) is 17.7 Å². The Labute approximate surface area is 105 Å². The molecule has 18 heavy (non-hydrogen) atoms. The molecule has 1 N–H and O–H groups in total. The van der Waals surface area contributed by atoms with Gasteiger partial charge in [-0.25, -0.2) is 0 Å². The van der Waals surface area contributed by atoms with Gasteiger partial charge in [-0.15, -0.1) is 0 Å². The van der Waals surface area contributed by atoms with Gasteiger partial charge in [-0.1, -0.05) is 12.1 Å². The van der Waals surface area contributed by atoms with Gasteiger partial charge in [0.05, 0.1) is 19.8 Å². The highest BCUT2D eigenvalue weighted by Crippen LogP contribution is 2.25. The SMILES string of the molecule is COC(=O)C[C@H](OS(C)(=O)=O)c1ccc(O)cc1. The van der Waals surface area contributed by atoms with Crippen molar-refractivity contribution in [3.63, 3.8) is 0 Å². The molecular weight excluding hydrogens is 260 g/mol. The van der Waals surface area contributed by atoms with Gasteiger partial charge in [-0.2, -0.15) is 8.42 Å². The van der Waals surface area contributed by atoms with Crippen molar-refractivity contribution in [2.75, 3.05) is 13.4 Å². The summed E-state index contributed by atoms with van der Waals surface area (Å²) in [6, 6.07) is 5.72. The van der Waals surface area contributed by atoms with Crippen LogP contribution in [0.4, 0.5) is 0 Å². The van der Waals surface area contributed by atoms with Gasteiger partial charge in [-0.3, -0.25) is 8.98 Å². The molecule has 0 aromatic heterocycles. The highest BCUT2D eigenvalue weighted by Gasteiger charge is 2.21. The normalized spacial score (nSPS) is 13.0. The van der Waals surface area contributed by atoms with Gasteiger partial charge in [0.25, 0.3) is 10.1 Å². The standard InChI is InChI=1S/C11H14O6S/c1-16-11(13)7-10(17-18(2,14)15)8-3-5-9(12)6-4-8/h3-6,10,12H,7H2,1-2H3/t10-/m0/s1. The van der Waals surface area contributed by atoms with Crippen LogP contribution in [0, 0.1) is 0 Å². The lowest BCUT2D eigenvalue weighted by Crippen LogP contribution is -2.15. The first-order valence-electron chi connectivity index (χ1n) is 5.06. The molecule has 1 aromatic rings. The molecule has 0 aliphatic carbocycles. The fraction of sp³-hybridized carbons (Fsp3) is 0.364. The predicted molar refractivity (Wildman–Crippen MR) is 63.4 cm³/mol. The van der Waals surface area contributed by atoms with Crippen LogP contribution in [-0.2, 0) is 23.8 Å². The van der Waals surface area contributed by atoms with Crippen LogP contribution < -0.4 is 0 Å². The number of hydrogen-bond donors (Lipinski definition) is 1. The Morgan fingerprint density at radius 3 is 2.33 bits per heavy atom. The molecule has 7 heteroatoms. The lowest BCUT2D eigenvalue weighted by Gasteiger charge is -2.15. The maximum absolute atomic E-state index is 11.2. The van der Waals surface area contributed by atoms with Crippen LogP contribution in [0.25, 0.3) is 0 Å². The molecule has 0 saturated heterocycles. The fourth-order valence-electron chi connectivity index (χ4n) is 1.34. The van der Waals surface area contributed by atoms with E-state index in [0.29, 0.717) is 5.56 Å². The summed E-state index contributed by atoms with van der Waals surface area (Å²) < 4.78 is 31.6. The molecule has 0 bridgehead atoms. The third-order valence-corrected chi connectivity index (χ3v) is 2.72. The van der Waals surface area contributed by atoms with Gasteiger partial charge in [0.15, 0.2) is 0 Å². The summed E-state index contributed by atoms with van der Waals surface area (Å²) in [6.07, 6.45) is -0.292. The van der Waals surface area contributed by atoms with Crippen molar-refractivity contribution in [2.24, 2.45) is 0 Å². The van der Waals surface area contributed by atoms with E-state index in [1.165, 1.54) is 31.4 Å². The van der Waals surface area contributed by atoms with Crippen LogP contribution in [0.15, 0.2) is 24.3 Å². The van der Waals surface area contributed by atoms with Crippen LogP contribution in [0.3, 0.4) is 0 Å². The number of phenols is 1. The van der Waals surface area contributed by atoms with E-state index in [1.54, 1.807) is 0 Å². The number of benzene rings is 1. The molecule has 0 radical (unpaired) electrons. The van der Waals surface area contributed by atoms with E-state index in [9.17, 15) is 13.2 Å². The minimum atomic E-state index is -3.71. The maximum Gasteiger partial charge on any atom is 0.308 e. The first-order chi connectivity index (χ1) is 8.31. The Kier molecular flexibility index (Phi) is 4.69. The van der Waals surface area contributed by atoms with Crippen molar-refractivity contribution in [1.82, 2.24) is 0 Å². The van der Waals surface area contributed by atoms with Crippen LogP contribution in [-0.4, -0.2) is 32.9 Å². The minimum absolute atomic E-state index is 0.0370. The van der Waals surface area contributed by atoms with E-state index in [1.807, 2.05) is 0 Å². The van der Waals surface area contributed by atoms with Crippen molar-refractivity contribution in [3.05, 3.63) is 29.8 Å². The van der Waals surface area contributed by atoms with E-state index in [4.69, 9.17) is 9.29 Å². The zero-order valence-corrected chi connectivity index (χ0v) is 10.8. The zero-order chi connectivity index (χ0) is 13.8. The average molecular weight is 274 g/mol. The molecular formula is C11H14O6S. The largest absolute Gasteiger partial charge is 0.508 e. The van der Waals surface area contributed by atoms with Gasteiger partial charge < -0.3 is 9.84 Å². The molecule has 1 rings (SSSR count). The monoisotopic (exact) mass is 274 g/mol. The summed E-state index contributed by atoms with van der Waals surface area (Å²) in [5.74, 6) is -0.549. The molecule has 6 nitrogen and oxygen atoms in total. The third kappa shape index (κ3) is 4.72. The van der Waals surface area contributed by atoms with E-state index in [-0.39, 0.29) is 12.2 Å². The number of carbonyl (C=O) groups excluding carboxylic acids is 1. The van der Waals surface area contributed by atoms with Gasteiger partial charge in [0, 0.05) is 0 Å². The summed E-state index contributed by atoms with van der Waals surface area (Å²) in [7, 11) is -2.50. The number of esters is 1. The van der Waals surface area contributed by atoms with E-state index < -0.39 is 22.2 Å². The quantitative estimate of drug-likeness (QED) is 0.635. The highest BCUT2D eigenvalue weighted by molar-refractivity contribution is 7.86. The number of ether oxygens (including phenoxy) is 1. The second-order valence-corrected chi connectivity index (χ2v) is 5.26. The molecule has 0 unspecified atom stereocenters. The molecule has 1 aromatic carbocycles. The number of carbonyl (C=O) groups is 1. The lowest BCUT2D eigenvalue weighted by atomic mass is 10.1. The fourth-order valence-corrected chi connectivity index (χ4v) is 1.94. The molecule has 0 aliphatic heterocycles. The summed E-state index contributed by atoms with van der Waals surface area (Å²) >= 11 is 0. The number of aromatic hydroxyl groups is 1. The average Bonchev–Trinajstić information content (AvgIpc) is 2.27. The van der Waals surface area contributed by atoms with Crippen LogP contribution in [0.5, 0.6) is 5.75 Å². The highest BCUT2D eigenvalue weighted by atomic mass is 32.2. The van der Waals surface area contributed by atoms with Crippen molar-refractivity contribution in [1.29, 1.82) is 0 Å². The molecule has 0 aliphatic rings. The zero-order valence-electron chi connectivity index (χ0n) is 9.99. The summed E-state index contributed by atoms with van der Waals surface area (Å²) in [5, 5.41) is 9.15. The van der Waals surface area contributed by atoms with Crippen molar-refractivity contribution in [3.8, 4) is 5.75 Å². The molecule has 1 atom stereocenters. The molecule has 0 spiro atoms. The minimum Gasteiger partial charge on any atom is -0.508 e. The maximum atomic E-state index is 11.2. The second kappa shape index (κ2) is 5.83. The summed E-state index contributed by atoms with van der Waals surface area (Å²) in [6.45, 7) is 0. The molecule has 0 saturated carbocycles. The van der Waals surface area contributed by atoms with Crippen molar-refractivity contribution < 1.29 is 27.2 Å². The Hall–Kier alpha value is -1.60. The Morgan fingerprint density at radius 2 is 1.89 bits per heavy atom. The Balaban J connectivity index is 2.96. The van der Waals surface area contributed by atoms with Gasteiger partial charge in [0.2, 0.25) is 0 Å². The van der Waals surface area contributed by atoms with Crippen LogP contribution in [0.1, 0.15) is 18.1 Å². The number of phenolic OH excluding ortho intramolecular Hbond substituents is 1. The second-order valence-electron chi connectivity index (χ2n) is 3.66. The Bertz CT molecular complexity index is 505. The van der Waals surface area contributed by atoms with Crippen molar-refractivity contribution in [2.45, 2.75) is 12.5 Å². The third-order valence-electron chi connectivity index (χ3n) is 2.14. The van der Waals surface area contributed by atoms with E-state index >= 15 is 0 Å². The van der Waals surface area contributed by atoms with Gasteiger partial charge >= 0.3 is 5.97 Å².